The molecule has 0 saturated carbocycles. The molecule has 3 aromatic rings. The van der Waals surface area contributed by atoms with Crippen LogP contribution in [0.3, 0.4) is 0 Å². The minimum absolute atomic E-state index is 0.0140. The summed E-state index contributed by atoms with van der Waals surface area (Å²) in [6, 6.07) is 18.0. The number of anilines is 1. The second-order valence-corrected chi connectivity index (χ2v) is 11.3. The Hall–Kier alpha value is -2.78. The molecule has 0 heterocycles. The number of rotatable bonds is 10. The van der Waals surface area contributed by atoms with Crippen LogP contribution in [0.1, 0.15) is 19.4 Å². The van der Waals surface area contributed by atoms with Crippen LogP contribution in [0.5, 0.6) is 0 Å². The van der Waals surface area contributed by atoms with Crippen LogP contribution >= 0.6 is 34.8 Å². The number of amides is 2. The fraction of sp³-hybridized carbons (Fsp3) is 0.231. The minimum Gasteiger partial charge on any atom is -0.355 e. The second-order valence-electron chi connectivity index (χ2n) is 8.17. The van der Waals surface area contributed by atoms with Gasteiger partial charge in [-0.15, -0.1) is 0 Å². The number of hydrogen-bond acceptors (Lipinski definition) is 4. The van der Waals surface area contributed by atoms with Crippen LogP contribution in [-0.2, 0) is 26.2 Å². The first-order valence-electron chi connectivity index (χ1n) is 11.4. The van der Waals surface area contributed by atoms with E-state index < -0.39 is 28.5 Å². The summed E-state index contributed by atoms with van der Waals surface area (Å²) in [5.74, 6) is -0.961. The molecule has 7 nitrogen and oxygen atoms in total. The molecular weight excluding hydrogens is 557 g/mol. The average molecular weight is 583 g/mol. The van der Waals surface area contributed by atoms with E-state index >= 15 is 0 Å². The predicted molar refractivity (Wildman–Crippen MR) is 148 cm³/mol. The van der Waals surface area contributed by atoms with E-state index in [0.29, 0.717) is 11.6 Å². The van der Waals surface area contributed by atoms with Crippen molar-refractivity contribution in [3.05, 3.63) is 93.4 Å². The van der Waals surface area contributed by atoms with Crippen molar-refractivity contribution >= 4 is 62.3 Å². The standard InChI is InChI=1S/C26H26Cl3N3O4S/c1-3-30-26(34)18(2)31(16-19-9-11-20(27)12-10-19)25(33)17-32(23-14-21(28)13-22(29)15-23)37(35,36)24-7-5-4-6-8-24/h4-15,18H,3,16-17H2,1-2H3,(H,30,34)/t18-/m1/s1. The highest BCUT2D eigenvalue weighted by Gasteiger charge is 2.32. The maximum absolute atomic E-state index is 13.7. The lowest BCUT2D eigenvalue weighted by molar-refractivity contribution is -0.139. The molecule has 0 saturated heterocycles. The third-order valence-electron chi connectivity index (χ3n) is 5.53. The van der Waals surface area contributed by atoms with E-state index in [1.165, 1.54) is 35.2 Å². The highest BCUT2D eigenvalue weighted by Crippen LogP contribution is 2.30. The first kappa shape index (κ1) is 28.8. The van der Waals surface area contributed by atoms with Gasteiger partial charge < -0.3 is 10.2 Å². The Morgan fingerprint density at radius 2 is 1.49 bits per heavy atom. The van der Waals surface area contributed by atoms with E-state index in [-0.39, 0.29) is 33.1 Å². The molecule has 0 fully saturated rings. The lowest BCUT2D eigenvalue weighted by Crippen LogP contribution is -2.51. The van der Waals surface area contributed by atoms with E-state index in [9.17, 15) is 18.0 Å². The molecule has 2 amide bonds. The van der Waals surface area contributed by atoms with Gasteiger partial charge >= 0.3 is 0 Å². The van der Waals surface area contributed by atoms with Crippen molar-refractivity contribution in [1.82, 2.24) is 10.2 Å². The third-order valence-corrected chi connectivity index (χ3v) is 8.01. The van der Waals surface area contributed by atoms with E-state index in [1.54, 1.807) is 56.3 Å². The molecule has 0 bridgehead atoms. The van der Waals surface area contributed by atoms with E-state index in [2.05, 4.69) is 5.32 Å². The van der Waals surface area contributed by atoms with Crippen molar-refractivity contribution in [1.29, 1.82) is 0 Å². The number of hydrogen-bond donors (Lipinski definition) is 1. The summed E-state index contributed by atoms with van der Waals surface area (Å²) < 4.78 is 28.3. The zero-order valence-electron chi connectivity index (χ0n) is 20.2. The number of benzene rings is 3. The molecule has 196 valence electrons. The fourth-order valence-corrected chi connectivity index (χ4v) is 5.68. The van der Waals surface area contributed by atoms with Crippen molar-refractivity contribution < 1.29 is 18.0 Å². The van der Waals surface area contributed by atoms with Gasteiger partial charge in [-0.1, -0.05) is 65.1 Å². The molecule has 11 heteroatoms. The molecule has 0 aromatic heterocycles. The number of carbonyl (C=O) groups is 2. The molecule has 3 rings (SSSR count). The van der Waals surface area contributed by atoms with Crippen molar-refractivity contribution in [2.75, 3.05) is 17.4 Å². The van der Waals surface area contributed by atoms with Crippen molar-refractivity contribution in [3.8, 4) is 0 Å². The molecule has 0 spiro atoms. The Morgan fingerprint density at radius 1 is 0.892 bits per heavy atom. The van der Waals surface area contributed by atoms with Gasteiger partial charge in [0.05, 0.1) is 10.6 Å². The van der Waals surface area contributed by atoms with Crippen molar-refractivity contribution in [3.63, 3.8) is 0 Å². The quantitative estimate of drug-likeness (QED) is 0.347. The van der Waals surface area contributed by atoms with Crippen molar-refractivity contribution in [2.24, 2.45) is 0 Å². The molecule has 0 aliphatic carbocycles. The van der Waals surface area contributed by atoms with E-state index in [0.717, 1.165) is 9.87 Å². The van der Waals surface area contributed by atoms with Crippen LogP contribution in [0, 0.1) is 0 Å². The normalized spacial score (nSPS) is 12.0. The summed E-state index contributed by atoms with van der Waals surface area (Å²) in [4.78, 5) is 27.8. The van der Waals surface area contributed by atoms with Crippen LogP contribution in [-0.4, -0.2) is 44.3 Å². The van der Waals surface area contributed by atoms with Gasteiger partial charge in [-0.05, 0) is 61.9 Å². The Bertz CT molecular complexity index is 1330. The SMILES string of the molecule is CCNC(=O)[C@@H](C)N(Cc1ccc(Cl)cc1)C(=O)CN(c1cc(Cl)cc(Cl)c1)S(=O)(=O)c1ccccc1. The van der Waals surface area contributed by atoms with Gasteiger partial charge in [0.2, 0.25) is 11.8 Å². The highest BCUT2D eigenvalue weighted by atomic mass is 35.5. The number of nitrogens with zero attached hydrogens (tertiary/aromatic N) is 2. The molecule has 1 N–H and O–H groups in total. The summed E-state index contributed by atoms with van der Waals surface area (Å²) in [6.07, 6.45) is 0. The summed E-state index contributed by atoms with van der Waals surface area (Å²) in [7, 11) is -4.20. The molecule has 0 unspecified atom stereocenters. The summed E-state index contributed by atoms with van der Waals surface area (Å²) in [5.41, 5.74) is 0.837. The topological polar surface area (TPSA) is 86.8 Å². The maximum atomic E-state index is 13.7. The van der Waals surface area contributed by atoms with E-state index in [1.807, 2.05) is 0 Å². The van der Waals surface area contributed by atoms with Gasteiger partial charge in [0.25, 0.3) is 10.0 Å². The number of sulfonamides is 1. The maximum Gasteiger partial charge on any atom is 0.264 e. The summed E-state index contributed by atoms with van der Waals surface area (Å²) in [5, 5.41) is 3.65. The van der Waals surface area contributed by atoms with Crippen LogP contribution in [0.2, 0.25) is 15.1 Å². The smallest absolute Gasteiger partial charge is 0.264 e. The first-order chi connectivity index (χ1) is 17.5. The Labute approximate surface area is 232 Å². The number of nitrogens with one attached hydrogen (secondary N) is 1. The highest BCUT2D eigenvalue weighted by molar-refractivity contribution is 7.92. The number of carbonyl (C=O) groups excluding carboxylic acids is 2. The molecule has 37 heavy (non-hydrogen) atoms. The molecular formula is C26H26Cl3N3O4S. The third kappa shape index (κ3) is 7.38. The van der Waals surface area contributed by atoms with Gasteiger partial charge in [0.1, 0.15) is 12.6 Å². The van der Waals surface area contributed by atoms with Gasteiger partial charge in [-0.2, -0.15) is 0 Å². The zero-order valence-corrected chi connectivity index (χ0v) is 23.3. The lowest BCUT2D eigenvalue weighted by atomic mass is 10.1. The Morgan fingerprint density at radius 3 is 2.05 bits per heavy atom. The lowest BCUT2D eigenvalue weighted by Gasteiger charge is -2.32. The predicted octanol–water partition coefficient (Wildman–Crippen LogP) is 5.40. The average Bonchev–Trinajstić information content (AvgIpc) is 2.86. The number of likely N-dealkylation sites (N-methyl/N-ethyl adjacent to an activating group) is 1. The molecule has 0 radical (unpaired) electrons. The van der Waals surface area contributed by atoms with Crippen LogP contribution in [0.4, 0.5) is 5.69 Å². The van der Waals surface area contributed by atoms with Gasteiger partial charge in [0, 0.05) is 28.2 Å². The largest absolute Gasteiger partial charge is 0.355 e. The van der Waals surface area contributed by atoms with Gasteiger partial charge in [-0.3, -0.25) is 13.9 Å². The van der Waals surface area contributed by atoms with Gasteiger partial charge in [0.15, 0.2) is 0 Å². The molecule has 1 atom stereocenters. The zero-order chi connectivity index (χ0) is 27.2. The van der Waals surface area contributed by atoms with Crippen LogP contribution in [0.15, 0.2) is 77.7 Å². The van der Waals surface area contributed by atoms with Crippen molar-refractivity contribution in [2.45, 2.75) is 31.3 Å². The minimum atomic E-state index is -4.20. The van der Waals surface area contributed by atoms with Crippen LogP contribution < -0.4 is 9.62 Å². The summed E-state index contributed by atoms with van der Waals surface area (Å²) >= 11 is 18.3. The molecule has 3 aromatic carbocycles. The molecule has 0 aliphatic rings. The Kier molecular flexibility index (Phi) is 9.84. The second kappa shape index (κ2) is 12.6. The monoisotopic (exact) mass is 581 g/mol. The Balaban J connectivity index is 2.04. The van der Waals surface area contributed by atoms with Crippen LogP contribution in [0.25, 0.3) is 0 Å². The fourth-order valence-electron chi connectivity index (χ4n) is 3.62. The van der Waals surface area contributed by atoms with Gasteiger partial charge in [-0.25, -0.2) is 8.42 Å². The summed E-state index contributed by atoms with van der Waals surface area (Å²) in [6.45, 7) is 3.20. The molecule has 0 aliphatic heterocycles. The van der Waals surface area contributed by atoms with E-state index in [4.69, 9.17) is 34.8 Å². The first-order valence-corrected chi connectivity index (χ1v) is 14.0. The number of halogens is 3.